The Kier molecular flexibility index (Phi) is 4.53. The summed E-state index contributed by atoms with van der Waals surface area (Å²) in [6, 6.07) is 11.6. The molecule has 7 nitrogen and oxygen atoms in total. The number of hydrogen-bond acceptors (Lipinski definition) is 5. The summed E-state index contributed by atoms with van der Waals surface area (Å²) in [5, 5.41) is 4.05. The molecule has 1 aromatic carbocycles. The molecule has 0 atom stereocenters. The first-order valence-corrected chi connectivity index (χ1v) is 8.62. The van der Waals surface area contributed by atoms with Crippen LogP contribution >= 0.6 is 0 Å². The third kappa shape index (κ3) is 3.39. The van der Waals surface area contributed by atoms with Crippen LogP contribution in [0.2, 0.25) is 0 Å². The fourth-order valence-electron chi connectivity index (χ4n) is 2.96. The van der Waals surface area contributed by atoms with Gasteiger partial charge in [-0.05, 0) is 31.2 Å². The predicted octanol–water partition coefficient (Wildman–Crippen LogP) is 2.37. The van der Waals surface area contributed by atoms with Gasteiger partial charge in [0, 0.05) is 24.8 Å². The first-order valence-electron chi connectivity index (χ1n) is 8.62. The number of benzene rings is 1. The summed E-state index contributed by atoms with van der Waals surface area (Å²) in [5.41, 5.74) is 2.67. The van der Waals surface area contributed by atoms with E-state index in [1.165, 1.54) is 5.56 Å². The molecule has 7 heteroatoms. The average molecular weight is 352 g/mol. The number of rotatable bonds is 4. The molecule has 0 spiro atoms. The Morgan fingerprint density at radius 1 is 1.15 bits per heavy atom. The Balaban J connectivity index is 1.51. The van der Waals surface area contributed by atoms with Crippen molar-refractivity contribution in [2.75, 3.05) is 26.3 Å². The van der Waals surface area contributed by atoms with Gasteiger partial charge in [0.15, 0.2) is 5.82 Å². The highest BCUT2D eigenvalue weighted by Gasteiger charge is 2.21. The summed E-state index contributed by atoms with van der Waals surface area (Å²) in [6.07, 6.45) is 1.86. The Morgan fingerprint density at radius 2 is 1.92 bits per heavy atom. The van der Waals surface area contributed by atoms with Crippen LogP contribution in [0.4, 0.5) is 0 Å². The van der Waals surface area contributed by atoms with Crippen molar-refractivity contribution < 1.29 is 14.1 Å². The van der Waals surface area contributed by atoms with Crippen molar-refractivity contribution in [3.8, 4) is 11.5 Å². The van der Waals surface area contributed by atoms with Crippen LogP contribution in [-0.4, -0.2) is 51.8 Å². The zero-order valence-corrected chi connectivity index (χ0v) is 14.6. The maximum Gasteiger partial charge on any atom is 0.270 e. The molecule has 2 aromatic heterocycles. The topological polar surface area (TPSA) is 73.4 Å². The molecule has 26 heavy (non-hydrogen) atoms. The summed E-state index contributed by atoms with van der Waals surface area (Å²) < 4.78 is 12.5. The van der Waals surface area contributed by atoms with E-state index in [1.807, 2.05) is 59.0 Å². The van der Waals surface area contributed by atoms with Crippen molar-refractivity contribution in [1.29, 1.82) is 0 Å². The van der Waals surface area contributed by atoms with Gasteiger partial charge in [-0.1, -0.05) is 22.9 Å². The third-order valence-corrected chi connectivity index (χ3v) is 4.43. The monoisotopic (exact) mass is 352 g/mol. The molecule has 0 aliphatic carbocycles. The van der Waals surface area contributed by atoms with E-state index >= 15 is 0 Å². The van der Waals surface area contributed by atoms with Gasteiger partial charge in [0.1, 0.15) is 5.69 Å². The molecule has 3 aromatic rings. The minimum atomic E-state index is 0.000512. The zero-order valence-electron chi connectivity index (χ0n) is 14.6. The van der Waals surface area contributed by atoms with Crippen LogP contribution in [-0.2, 0) is 11.3 Å². The van der Waals surface area contributed by atoms with Gasteiger partial charge >= 0.3 is 0 Å². The van der Waals surface area contributed by atoms with Crippen LogP contribution in [0.25, 0.3) is 11.5 Å². The minimum Gasteiger partial charge on any atom is -0.378 e. The molecular formula is C19H20N4O3. The maximum absolute atomic E-state index is 12.7. The van der Waals surface area contributed by atoms with Crippen molar-refractivity contribution in [1.82, 2.24) is 19.6 Å². The molecule has 0 unspecified atom stereocenters. The van der Waals surface area contributed by atoms with Gasteiger partial charge in [-0.15, -0.1) is 0 Å². The van der Waals surface area contributed by atoms with Crippen LogP contribution in [0.15, 0.2) is 47.1 Å². The third-order valence-electron chi connectivity index (χ3n) is 4.43. The number of morpholine rings is 1. The summed E-state index contributed by atoms with van der Waals surface area (Å²) in [7, 11) is 0. The number of carbonyl (C=O) groups is 1. The lowest BCUT2D eigenvalue weighted by Crippen LogP contribution is -2.41. The zero-order chi connectivity index (χ0) is 17.9. The molecule has 1 amide bonds. The van der Waals surface area contributed by atoms with Crippen LogP contribution in [0.1, 0.15) is 21.9 Å². The summed E-state index contributed by atoms with van der Waals surface area (Å²) in [5.74, 6) is 1.02. The molecule has 4 rings (SSSR count). The quantitative estimate of drug-likeness (QED) is 0.721. The second-order valence-electron chi connectivity index (χ2n) is 6.31. The standard InChI is InChI=1S/C19H20N4O3/c1-14-4-6-15(7-5-14)18-20-17(21-26-18)13-23-8-2-3-16(23)19(24)22-9-11-25-12-10-22/h2-8H,9-13H2,1H3. The molecule has 0 N–H and O–H groups in total. The van der Waals surface area contributed by atoms with E-state index in [-0.39, 0.29) is 5.91 Å². The number of carbonyl (C=O) groups excluding carboxylic acids is 1. The normalized spacial score (nSPS) is 14.6. The number of ether oxygens (including phenoxy) is 1. The van der Waals surface area contributed by atoms with Crippen molar-refractivity contribution >= 4 is 5.91 Å². The van der Waals surface area contributed by atoms with E-state index in [0.29, 0.717) is 50.3 Å². The SMILES string of the molecule is Cc1ccc(-c2nc(Cn3cccc3C(=O)N3CCOCC3)no2)cc1. The highest BCUT2D eigenvalue weighted by Crippen LogP contribution is 2.18. The predicted molar refractivity (Wildman–Crippen MR) is 94.7 cm³/mol. The first kappa shape index (κ1) is 16.5. The number of hydrogen-bond donors (Lipinski definition) is 0. The molecule has 0 bridgehead atoms. The molecule has 1 fully saturated rings. The molecule has 0 radical (unpaired) electrons. The van der Waals surface area contributed by atoms with E-state index in [9.17, 15) is 4.79 Å². The van der Waals surface area contributed by atoms with Crippen LogP contribution in [0, 0.1) is 6.92 Å². The van der Waals surface area contributed by atoms with Crippen molar-refractivity contribution in [3.05, 3.63) is 59.7 Å². The molecule has 1 aliphatic heterocycles. The molecular weight excluding hydrogens is 332 g/mol. The second-order valence-corrected chi connectivity index (χ2v) is 6.31. The van der Waals surface area contributed by atoms with E-state index < -0.39 is 0 Å². The lowest BCUT2D eigenvalue weighted by Gasteiger charge is -2.27. The van der Waals surface area contributed by atoms with E-state index in [0.717, 1.165) is 5.56 Å². The van der Waals surface area contributed by atoms with Gasteiger partial charge in [-0.3, -0.25) is 4.79 Å². The van der Waals surface area contributed by atoms with Gasteiger partial charge in [-0.25, -0.2) is 0 Å². The van der Waals surface area contributed by atoms with Crippen LogP contribution in [0.3, 0.4) is 0 Å². The highest BCUT2D eigenvalue weighted by molar-refractivity contribution is 5.92. The van der Waals surface area contributed by atoms with Gasteiger partial charge in [-0.2, -0.15) is 4.98 Å². The largest absolute Gasteiger partial charge is 0.378 e. The fourth-order valence-corrected chi connectivity index (χ4v) is 2.96. The number of aromatic nitrogens is 3. The Hall–Kier alpha value is -2.93. The Bertz CT molecular complexity index is 892. The highest BCUT2D eigenvalue weighted by atomic mass is 16.5. The smallest absolute Gasteiger partial charge is 0.270 e. The van der Waals surface area contributed by atoms with Crippen molar-refractivity contribution in [3.63, 3.8) is 0 Å². The minimum absolute atomic E-state index is 0.000512. The summed E-state index contributed by atoms with van der Waals surface area (Å²) in [6.45, 7) is 4.80. The Morgan fingerprint density at radius 3 is 2.69 bits per heavy atom. The number of amides is 1. The summed E-state index contributed by atoms with van der Waals surface area (Å²) >= 11 is 0. The van der Waals surface area contributed by atoms with Gasteiger partial charge in [0.2, 0.25) is 0 Å². The van der Waals surface area contributed by atoms with E-state index in [4.69, 9.17) is 9.26 Å². The van der Waals surface area contributed by atoms with Crippen LogP contribution < -0.4 is 0 Å². The lowest BCUT2D eigenvalue weighted by molar-refractivity contribution is 0.0296. The van der Waals surface area contributed by atoms with Gasteiger partial charge < -0.3 is 18.7 Å². The molecule has 1 aliphatic rings. The molecule has 134 valence electrons. The van der Waals surface area contributed by atoms with Gasteiger partial charge in [0.05, 0.1) is 19.8 Å². The Labute approximate surface area is 151 Å². The van der Waals surface area contributed by atoms with Crippen molar-refractivity contribution in [2.45, 2.75) is 13.5 Å². The lowest BCUT2D eigenvalue weighted by atomic mass is 10.1. The summed E-state index contributed by atoms with van der Waals surface area (Å²) in [4.78, 5) is 19.0. The van der Waals surface area contributed by atoms with Crippen molar-refractivity contribution in [2.24, 2.45) is 0 Å². The van der Waals surface area contributed by atoms with Crippen LogP contribution in [0.5, 0.6) is 0 Å². The molecule has 0 saturated carbocycles. The molecule has 1 saturated heterocycles. The average Bonchev–Trinajstić information content (AvgIpc) is 3.33. The molecule has 3 heterocycles. The second kappa shape index (κ2) is 7.13. The van der Waals surface area contributed by atoms with E-state index in [1.54, 1.807) is 0 Å². The number of aryl methyl sites for hydroxylation is 1. The number of nitrogens with zero attached hydrogens (tertiary/aromatic N) is 4. The van der Waals surface area contributed by atoms with Gasteiger partial charge in [0.25, 0.3) is 11.8 Å². The first-order chi connectivity index (χ1) is 12.7. The van der Waals surface area contributed by atoms with E-state index in [2.05, 4.69) is 10.1 Å². The fraction of sp³-hybridized carbons (Fsp3) is 0.316. The maximum atomic E-state index is 12.7.